The number of benzene rings is 1. The number of aromatic nitrogens is 1. The fourth-order valence-corrected chi connectivity index (χ4v) is 2.43. The second-order valence-electron chi connectivity index (χ2n) is 5.12. The first kappa shape index (κ1) is 19.9. The fourth-order valence-electron chi connectivity index (χ4n) is 1.77. The third-order valence-electron chi connectivity index (χ3n) is 2.78. The molecule has 0 aliphatic heterocycles. The summed E-state index contributed by atoms with van der Waals surface area (Å²) in [5, 5.41) is 10.6. The summed E-state index contributed by atoms with van der Waals surface area (Å²) in [7, 11) is 0. The molecule has 2 rings (SSSR count). The van der Waals surface area contributed by atoms with E-state index in [1.54, 1.807) is 29.6 Å². The van der Waals surface area contributed by atoms with Gasteiger partial charge in [0.1, 0.15) is 10.7 Å². The van der Waals surface area contributed by atoms with Crippen LogP contribution >= 0.6 is 23.7 Å². The Morgan fingerprint density at radius 1 is 1.17 bits per heavy atom. The first-order chi connectivity index (χ1) is 11.0. The highest BCUT2D eigenvalue weighted by atomic mass is 35.5. The number of nitrogens with two attached hydrogens (primary N) is 1. The molecule has 3 amide bonds. The predicted octanol–water partition coefficient (Wildman–Crippen LogP) is 2.81. The van der Waals surface area contributed by atoms with E-state index in [2.05, 4.69) is 20.9 Å². The van der Waals surface area contributed by atoms with Crippen molar-refractivity contribution in [3.05, 3.63) is 40.3 Å². The van der Waals surface area contributed by atoms with Gasteiger partial charge in [0.25, 0.3) is 5.91 Å². The van der Waals surface area contributed by atoms with E-state index in [1.165, 1.54) is 11.3 Å². The largest absolute Gasteiger partial charge is 0.336 e. The van der Waals surface area contributed by atoms with Crippen LogP contribution in [0.3, 0.4) is 0 Å². The molecule has 1 heterocycles. The van der Waals surface area contributed by atoms with Crippen LogP contribution in [0.5, 0.6) is 0 Å². The molecule has 0 radical (unpaired) electrons. The van der Waals surface area contributed by atoms with Crippen LogP contribution in [0.1, 0.15) is 29.3 Å². The van der Waals surface area contributed by atoms with Gasteiger partial charge in [-0.2, -0.15) is 0 Å². The van der Waals surface area contributed by atoms with Gasteiger partial charge < -0.3 is 21.7 Å². The highest BCUT2D eigenvalue weighted by molar-refractivity contribution is 7.09. The van der Waals surface area contributed by atoms with Crippen LogP contribution in [-0.2, 0) is 6.54 Å². The number of hydrogen-bond acceptors (Lipinski definition) is 5. The number of hydrogen-bond donors (Lipinski definition) is 4. The van der Waals surface area contributed by atoms with Crippen molar-refractivity contribution in [2.45, 2.75) is 26.4 Å². The molecule has 24 heavy (non-hydrogen) atoms. The number of amides is 3. The van der Waals surface area contributed by atoms with Gasteiger partial charge in [0.2, 0.25) is 0 Å². The molecule has 0 atom stereocenters. The minimum absolute atomic E-state index is 0. The second kappa shape index (κ2) is 9.21. The molecule has 9 heteroatoms. The normalized spacial score (nSPS) is 10.0. The maximum Gasteiger partial charge on any atom is 0.319 e. The lowest BCUT2D eigenvalue weighted by Gasteiger charge is -2.10. The number of carbonyl (C=O) groups is 2. The smallest absolute Gasteiger partial charge is 0.319 e. The third kappa shape index (κ3) is 5.80. The van der Waals surface area contributed by atoms with Crippen molar-refractivity contribution >= 4 is 47.1 Å². The van der Waals surface area contributed by atoms with E-state index in [9.17, 15) is 9.59 Å². The fraction of sp³-hybridized carbons (Fsp3) is 0.267. The Bertz CT molecular complexity index is 687. The Balaban J connectivity index is 0.00000288. The van der Waals surface area contributed by atoms with Crippen LogP contribution in [0, 0.1) is 0 Å². The molecule has 5 N–H and O–H groups in total. The van der Waals surface area contributed by atoms with E-state index in [-0.39, 0.29) is 30.4 Å². The summed E-state index contributed by atoms with van der Waals surface area (Å²) < 4.78 is 0. The van der Waals surface area contributed by atoms with Crippen molar-refractivity contribution in [1.82, 2.24) is 10.3 Å². The van der Waals surface area contributed by atoms with Gasteiger partial charge >= 0.3 is 6.03 Å². The molecular weight excluding hydrogens is 350 g/mol. The van der Waals surface area contributed by atoms with Gasteiger partial charge in [-0.1, -0.05) is 0 Å². The van der Waals surface area contributed by atoms with Gasteiger partial charge in [0.05, 0.1) is 0 Å². The van der Waals surface area contributed by atoms with E-state index in [0.717, 1.165) is 0 Å². The highest BCUT2D eigenvalue weighted by Crippen LogP contribution is 2.15. The van der Waals surface area contributed by atoms with Crippen LogP contribution in [0.25, 0.3) is 0 Å². The van der Waals surface area contributed by atoms with Crippen LogP contribution in [0.15, 0.2) is 29.6 Å². The Kier molecular flexibility index (Phi) is 7.63. The lowest BCUT2D eigenvalue weighted by Crippen LogP contribution is -2.34. The summed E-state index contributed by atoms with van der Waals surface area (Å²) in [6, 6.07) is 6.63. The van der Waals surface area contributed by atoms with Crippen LogP contribution < -0.4 is 21.7 Å². The molecule has 1 aromatic carbocycles. The molecule has 1 aromatic heterocycles. The number of thiazole rings is 1. The Morgan fingerprint density at radius 2 is 1.75 bits per heavy atom. The molecule has 130 valence electrons. The molecule has 7 nitrogen and oxygen atoms in total. The van der Waals surface area contributed by atoms with Gasteiger partial charge in [-0.05, 0) is 38.1 Å². The Labute approximate surface area is 150 Å². The van der Waals surface area contributed by atoms with Crippen LogP contribution in [-0.4, -0.2) is 23.0 Å². The molecule has 0 spiro atoms. The molecule has 0 fully saturated rings. The number of rotatable bonds is 5. The summed E-state index contributed by atoms with van der Waals surface area (Å²) in [5.41, 5.74) is 7.08. The van der Waals surface area contributed by atoms with E-state index in [1.807, 2.05) is 13.8 Å². The van der Waals surface area contributed by atoms with Gasteiger partial charge in [0.15, 0.2) is 0 Å². The van der Waals surface area contributed by atoms with Crippen molar-refractivity contribution in [2.75, 3.05) is 10.6 Å². The number of halogens is 1. The topological polar surface area (TPSA) is 109 Å². The first-order valence-electron chi connectivity index (χ1n) is 7.11. The molecule has 0 bridgehead atoms. The summed E-state index contributed by atoms with van der Waals surface area (Å²) in [6.45, 7) is 4.08. The molecule has 0 aliphatic rings. The van der Waals surface area contributed by atoms with Gasteiger partial charge in [-0.3, -0.25) is 4.79 Å². The number of carbonyl (C=O) groups excluding carboxylic acids is 2. The minimum Gasteiger partial charge on any atom is -0.336 e. The molecular formula is C15H20ClN5O2S. The van der Waals surface area contributed by atoms with Crippen molar-refractivity contribution < 1.29 is 9.59 Å². The zero-order valence-electron chi connectivity index (χ0n) is 13.3. The predicted molar refractivity (Wildman–Crippen MR) is 98.9 cm³/mol. The second-order valence-corrected chi connectivity index (χ2v) is 6.06. The lowest BCUT2D eigenvalue weighted by atomic mass is 10.2. The summed E-state index contributed by atoms with van der Waals surface area (Å²) in [6.07, 6.45) is 0. The van der Waals surface area contributed by atoms with Gasteiger partial charge in [0, 0.05) is 29.3 Å². The molecule has 0 unspecified atom stereocenters. The third-order valence-corrected chi connectivity index (χ3v) is 3.65. The average molecular weight is 370 g/mol. The van der Waals surface area contributed by atoms with E-state index in [0.29, 0.717) is 28.6 Å². The lowest BCUT2D eigenvalue weighted by molar-refractivity contribution is 0.102. The zero-order valence-corrected chi connectivity index (χ0v) is 15.0. The highest BCUT2D eigenvalue weighted by Gasteiger charge is 2.10. The number of nitrogens with one attached hydrogen (secondary N) is 3. The molecule has 2 aromatic rings. The number of urea groups is 1. The number of anilines is 2. The molecule has 0 saturated carbocycles. The SMILES string of the molecule is CC(C)NC(=O)Nc1ccc(NC(=O)c2csc(CN)n2)cc1.Cl. The summed E-state index contributed by atoms with van der Waals surface area (Å²) in [5.74, 6) is -0.292. The first-order valence-corrected chi connectivity index (χ1v) is 7.99. The van der Waals surface area contributed by atoms with Crippen molar-refractivity contribution in [2.24, 2.45) is 5.73 Å². The summed E-state index contributed by atoms with van der Waals surface area (Å²) >= 11 is 1.35. The maximum absolute atomic E-state index is 12.0. The number of nitrogens with zero attached hydrogens (tertiary/aromatic N) is 1. The maximum atomic E-state index is 12.0. The van der Waals surface area contributed by atoms with Crippen LogP contribution in [0.4, 0.5) is 16.2 Å². The molecule has 0 saturated heterocycles. The van der Waals surface area contributed by atoms with Gasteiger partial charge in [-0.25, -0.2) is 9.78 Å². The monoisotopic (exact) mass is 369 g/mol. The van der Waals surface area contributed by atoms with Gasteiger partial charge in [-0.15, -0.1) is 23.7 Å². The zero-order chi connectivity index (χ0) is 16.8. The van der Waals surface area contributed by atoms with Crippen molar-refractivity contribution in [1.29, 1.82) is 0 Å². The Hall–Kier alpha value is -2.16. The quantitative estimate of drug-likeness (QED) is 0.649. The Morgan fingerprint density at radius 3 is 2.25 bits per heavy atom. The van der Waals surface area contributed by atoms with Crippen molar-refractivity contribution in [3.63, 3.8) is 0 Å². The standard InChI is InChI=1S/C15H19N5O2S.ClH/c1-9(2)17-15(22)19-11-5-3-10(4-6-11)18-14(21)12-8-23-13(7-16)20-12;/h3-6,8-9H,7,16H2,1-2H3,(H,18,21)(H2,17,19,22);1H. The van der Waals surface area contributed by atoms with Crippen LogP contribution in [0.2, 0.25) is 0 Å². The van der Waals surface area contributed by atoms with E-state index < -0.39 is 0 Å². The minimum atomic E-state index is -0.292. The van der Waals surface area contributed by atoms with E-state index in [4.69, 9.17) is 5.73 Å². The summed E-state index contributed by atoms with van der Waals surface area (Å²) in [4.78, 5) is 27.8. The molecule has 0 aliphatic carbocycles. The average Bonchev–Trinajstić information content (AvgIpc) is 2.97. The van der Waals surface area contributed by atoms with E-state index >= 15 is 0 Å². The van der Waals surface area contributed by atoms with Crippen molar-refractivity contribution in [3.8, 4) is 0 Å².